The number of carboxylic acid groups (broad SMARTS) is 1. The van der Waals surface area contributed by atoms with Crippen LogP contribution in [0.5, 0.6) is 0 Å². The van der Waals surface area contributed by atoms with Gasteiger partial charge in [0, 0.05) is 11.2 Å². The molecule has 0 aliphatic rings. The van der Waals surface area contributed by atoms with Crippen molar-refractivity contribution in [2.45, 2.75) is 20.4 Å². The zero-order chi connectivity index (χ0) is 13.1. The summed E-state index contributed by atoms with van der Waals surface area (Å²) in [5.74, 6) is -0.277. The largest absolute Gasteiger partial charge is 0.477 e. The number of carbonyl (C=O) groups is 1. The summed E-state index contributed by atoms with van der Waals surface area (Å²) in [6.07, 6.45) is 0. The maximum atomic E-state index is 11.3. The molecular formula is C14H17NO2S. The van der Waals surface area contributed by atoms with Crippen LogP contribution in [0, 0.1) is 5.92 Å². The maximum absolute atomic E-state index is 11.3. The molecular weight excluding hydrogens is 246 g/mol. The van der Waals surface area contributed by atoms with Crippen molar-refractivity contribution in [2.75, 3.05) is 6.54 Å². The van der Waals surface area contributed by atoms with Crippen LogP contribution in [0.1, 0.15) is 29.1 Å². The average molecular weight is 263 g/mol. The molecule has 0 bridgehead atoms. The molecule has 3 nitrogen and oxygen atoms in total. The van der Waals surface area contributed by atoms with Gasteiger partial charge in [0.2, 0.25) is 0 Å². The van der Waals surface area contributed by atoms with Gasteiger partial charge in [0.15, 0.2) is 0 Å². The summed E-state index contributed by atoms with van der Waals surface area (Å²) in [7, 11) is 0. The number of nitrogens with one attached hydrogen (secondary N) is 1. The van der Waals surface area contributed by atoms with Crippen molar-refractivity contribution in [3.05, 3.63) is 34.7 Å². The van der Waals surface area contributed by atoms with Gasteiger partial charge >= 0.3 is 5.97 Å². The molecule has 1 heterocycles. The second-order valence-corrected chi connectivity index (χ2v) is 5.79. The van der Waals surface area contributed by atoms with Crippen molar-refractivity contribution in [3.63, 3.8) is 0 Å². The minimum absolute atomic E-state index is 0.451. The van der Waals surface area contributed by atoms with Gasteiger partial charge in [0.1, 0.15) is 4.88 Å². The van der Waals surface area contributed by atoms with E-state index < -0.39 is 5.97 Å². The van der Waals surface area contributed by atoms with Crippen LogP contribution in [0.25, 0.3) is 10.1 Å². The lowest BCUT2D eigenvalue weighted by molar-refractivity contribution is 0.0701. The molecule has 1 aromatic heterocycles. The third-order valence-corrected chi connectivity index (χ3v) is 3.95. The Morgan fingerprint density at radius 2 is 2.11 bits per heavy atom. The van der Waals surface area contributed by atoms with Crippen LogP contribution in [0.3, 0.4) is 0 Å². The van der Waals surface area contributed by atoms with Crippen LogP contribution >= 0.6 is 11.3 Å². The van der Waals surface area contributed by atoms with Crippen molar-refractivity contribution < 1.29 is 9.90 Å². The molecule has 2 aromatic rings. The average Bonchev–Trinajstić information content (AvgIpc) is 2.68. The highest BCUT2D eigenvalue weighted by Gasteiger charge is 2.16. The third-order valence-electron chi connectivity index (χ3n) is 2.75. The Hall–Kier alpha value is -1.39. The van der Waals surface area contributed by atoms with E-state index in [-0.39, 0.29) is 0 Å². The minimum Gasteiger partial charge on any atom is -0.477 e. The monoisotopic (exact) mass is 263 g/mol. The Morgan fingerprint density at radius 3 is 2.78 bits per heavy atom. The summed E-state index contributed by atoms with van der Waals surface area (Å²) >= 11 is 1.35. The smallest absolute Gasteiger partial charge is 0.346 e. The number of benzene rings is 1. The molecule has 0 aliphatic carbocycles. The van der Waals surface area contributed by atoms with Gasteiger partial charge < -0.3 is 10.4 Å². The molecule has 0 amide bonds. The first kappa shape index (κ1) is 13.1. The van der Waals surface area contributed by atoms with Gasteiger partial charge in [-0.2, -0.15) is 0 Å². The summed E-state index contributed by atoms with van der Waals surface area (Å²) in [6.45, 7) is 5.78. The van der Waals surface area contributed by atoms with Gasteiger partial charge in [-0.1, -0.05) is 32.0 Å². The highest BCUT2D eigenvalue weighted by Crippen LogP contribution is 2.31. The molecule has 0 spiro atoms. The van der Waals surface area contributed by atoms with Gasteiger partial charge in [0.05, 0.1) is 0 Å². The zero-order valence-electron chi connectivity index (χ0n) is 10.6. The summed E-state index contributed by atoms with van der Waals surface area (Å²) in [5, 5.41) is 13.6. The van der Waals surface area contributed by atoms with Crippen LogP contribution in [-0.4, -0.2) is 17.6 Å². The van der Waals surface area contributed by atoms with E-state index in [4.69, 9.17) is 0 Å². The van der Waals surface area contributed by atoms with E-state index in [1.807, 2.05) is 24.3 Å². The fourth-order valence-electron chi connectivity index (χ4n) is 1.93. The lowest BCUT2D eigenvalue weighted by Crippen LogP contribution is -2.19. The fourth-order valence-corrected chi connectivity index (χ4v) is 2.99. The molecule has 0 aliphatic heterocycles. The second kappa shape index (κ2) is 5.50. The highest BCUT2D eigenvalue weighted by atomic mass is 32.1. The molecule has 2 rings (SSSR count). The number of hydrogen-bond acceptors (Lipinski definition) is 3. The molecule has 0 unspecified atom stereocenters. The topological polar surface area (TPSA) is 49.3 Å². The van der Waals surface area contributed by atoms with Crippen LogP contribution in [0.4, 0.5) is 0 Å². The molecule has 96 valence electrons. The predicted molar refractivity (Wildman–Crippen MR) is 75.3 cm³/mol. The molecule has 1 aromatic carbocycles. The first-order valence-electron chi connectivity index (χ1n) is 6.04. The maximum Gasteiger partial charge on any atom is 0.346 e. The third kappa shape index (κ3) is 2.71. The second-order valence-electron chi connectivity index (χ2n) is 4.74. The number of thiophene rings is 1. The summed E-state index contributed by atoms with van der Waals surface area (Å²) < 4.78 is 1.04. The number of aromatic carboxylic acids is 1. The van der Waals surface area contributed by atoms with Gasteiger partial charge in [-0.05, 0) is 29.5 Å². The Balaban J connectivity index is 2.33. The van der Waals surface area contributed by atoms with Gasteiger partial charge in [-0.15, -0.1) is 11.3 Å². The van der Waals surface area contributed by atoms with E-state index in [2.05, 4.69) is 19.2 Å². The van der Waals surface area contributed by atoms with Crippen molar-refractivity contribution in [3.8, 4) is 0 Å². The minimum atomic E-state index is -0.836. The lowest BCUT2D eigenvalue weighted by Gasteiger charge is -2.07. The molecule has 0 atom stereocenters. The number of fused-ring (bicyclic) bond motifs is 1. The fraction of sp³-hybridized carbons (Fsp3) is 0.357. The molecule has 4 heteroatoms. The van der Waals surface area contributed by atoms with E-state index in [9.17, 15) is 9.90 Å². The van der Waals surface area contributed by atoms with Crippen LogP contribution in [0.2, 0.25) is 0 Å². The van der Waals surface area contributed by atoms with Gasteiger partial charge in [0.25, 0.3) is 0 Å². The molecule has 0 fully saturated rings. The Labute approximate surface area is 110 Å². The van der Waals surface area contributed by atoms with E-state index in [0.29, 0.717) is 17.3 Å². The zero-order valence-corrected chi connectivity index (χ0v) is 11.4. The van der Waals surface area contributed by atoms with Crippen molar-refractivity contribution in [2.24, 2.45) is 5.92 Å². The SMILES string of the molecule is CC(C)CNCc1c(C(=O)O)sc2ccccc12. The van der Waals surface area contributed by atoms with Crippen molar-refractivity contribution in [1.29, 1.82) is 0 Å². The highest BCUT2D eigenvalue weighted by molar-refractivity contribution is 7.21. The normalized spacial score (nSPS) is 11.3. The Kier molecular flexibility index (Phi) is 3.99. The lowest BCUT2D eigenvalue weighted by atomic mass is 10.1. The van der Waals surface area contributed by atoms with E-state index in [1.54, 1.807) is 0 Å². The van der Waals surface area contributed by atoms with E-state index >= 15 is 0 Å². The first-order valence-corrected chi connectivity index (χ1v) is 6.85. The molecule has 0 saturated heterocycles. The summed E-state index contributed by atoms with van der Waals surface area (Å²) in [5.41, 5.74) is 0.906. The van der Waals surface area contributed by atoms with E-state index in [0.717, 1.165) is 22.2 Å². The Bertz CT molecular complexity index is 560. The van der Waals surface area contributed by atoms with Crippen LogP contribution < -0.4 is 5.32 Å². The van der Waals surface area contributed by atoms with Crippen LogP contribution in [0.15, 0.2) is 24.3 Å². The number of carboxylic acids is 1. The molecule has 2 N–H and O–H groups in total. The van der Waals surface area contributed by atoms with Gasteiger partial charge in [-0.3, -0.25) is 0 Å². The Morgan fingerprint density at radius 1 is 1.39 bits per heavy atom. The summed E-state index contributed by atoms with van der Waals surface area (Å²) in [6, 6.07) is 7.85. The number of rotatable bonds is 5. The molecule has 18 heavy (non-hydrogen) atoms. The van der Waals surface area contributed by atoms with Gasteiger partial charge in [-0.25, -0.2) is 4.79 Å². The number of hydrogen-bond donors (Lipinski definition) is 2. The quantitative estimate of drug-likeness (QED) is 0.869. The summed E-state index contributed by atoms with van der Waals surface area (Å²) in [4.78, 5) is 11.7. The predicted octanol–water partition coefficient (Wildman–Crippen LogP) is 3.35. The molecule has 0 saturated carbocycles. The van der Waals surface area contributed by atoms with E-state index in [1.165, 1.54) is 11.3 Å². The molecule has 0 radical (unpaired) electrons. The first-order chi connectivity index (χ1) is 8.59. The van der Waals surface area contributed by atoms with Crippen molar-refractivity contribution >= 4 is 27.4 Å². The van der Waals surface area contributed by atoms with Crippen molar-refractivity contribution in [1.82, 2.24) is 5.32 Å². The van der Waals surface area contributed by atoms with Crippen LogP contribution in [-0.2, 0) is 6.54 Å². The standard InChI is InChI=1S/C14H17NO2S/c1-9(2)7-15-8-11-10-5-3-4-6-12(10)18-13(11)14(16)17/h3-6,9,15H,7-8H2,1-2H3,(H,16,17).